The number of amides is 2. The van der Waals surface area contributed by atoms with Crippen molar-refractivity contribution in [1.29, 1.82) is 0 Å². The normalized spacial score (nSPS) is 16.9. The largest absolute Gasteiger partial charge is 0.497 e. The summed E-state index contributed by atoms with van der Waals surface area (Å²) < 4.78 is 5.26. The molecule has 0 spiro atoms. The standard InChI is InChI=1S/C21H23N5O2S/c1-28-16-11-9-15(10-12-16)18-8-3-2-6-14-26(18)21(27)23-20-25-24-19(29-20)17-7-4-5-13-22-17/h4-5,7,9-13,18H,2-3,6,8,14H2,1H3,(H,23,25,27)/t18-/m0/s1. The molecule has 150 valence electrons. The number of nitrogens with one attached hydrogen (secondary N) is 1. The van der Waals surface area contributed by atoms with Crippen molar-refractivity contribution in [2.45, 2.75) is 31.7 Å². The van der Waals surface area contributed by atoms with Crippen LogP contribution in [-0.4, -0.2) is 39.8 Å². The molecule has 1 saturated heterocycles. The number of anilines is 1. The summed E-state index contributed by atoms with van der Waals surface area (Å²) in [5, 5.41) is 12.4. The molecule has 3 heterocycles. The number of nitrogens with zero attached hydrogens (tertiary/aromatic N) is 4. The van der Waals surface area contributed by atoms with E-state index in [2.05, 4.69) is 20.5 Å². The number of rotatable bonds is 4. The number of likely N-dealkylation sites (tertiary alicyclic amines) is 1. The highest BCUT2D eigenvalue weighted by Crippen LogP contribution is 2.32. The zero-order valence-electron chi connectivity index (χ0n) is 16.2. The van der Waals surface area contributed by atoms with E-state index in [1.54, 1.807) is 13.3 Å². The predicted molar refractivity (Wildman–Crippen MR) is 113 cm³/mol. The second-order valence-corrected chi connectivity index (χ2v) is 7.87. The molecule has 4 rings (SSSR count). The van der Waals surface area contributed by atoms with Gasteiger partial charge in [-0.3, -0.25) is 10.3 Å². The molecule has 1 atom stereocenters. The topological polar surface area (TPSA) is 80.2 Å². The molecule has 2 aromatic heterocycles. The van der Waals surface area contributed by atoms with Gasteiger partial charge in [-0.15, -0.1) is 10.2 Å². The highest BCUT2D eigenvalue weighted by atomic mass is 32.1. The number of ether oxygens (including phenoxy) is 1. The van der Waals surface area contributed by atoms with Crippen LogP contribution in [0.25, 0.3) is 10.7 Å². The van der Waals surface area contributed by atoms with Crippen LogP contribution in [0, 0.1) is 0 Å². The van der Waals surface area contributed by atoms with Crippen molar-refractivity contribution < 1.29 is 9.53 Å². The van der Waals surface area contributed by atoms with Crippen molar-refractivity contribution in [1.82, 2.24) is 20.1 Å². The fraction of sp³-hybridized carbons (Fsp3) is 0.333. The van der Waals surface area contributed by atoms with Crippen molar-refractivity contribution in [2.75, 3.05) is 19.0 Å². The molecule has 1 aliphatic rings. The first-order valence-electron chi connectivity index (χ1n) is 9.71. The van der Waals surface area contributed by atoms with Crippen LogP contribution >= 0.6 is 11.3 Å². The number of hydrogen-bond donors (Lipinski definition) is 1. The zero-order valence-corrected chi connectivity index (χ0v) is 17.1. The molecular formula is C21H23N5O2S. The molecule has 1 N–H and O–H groups in total. The van der Waals surface area contributed by atoms with Crippen molar-refractivity contribution in [3.05, 3.63) is 54.2 Å². The molecule has 7 nitrogen and oxygen atoms in total. The van der Waals surface area contributed by atoms with E-state index < -0.39 is 0 Å². The first kappa shape index (κ1) is 19.3. The molecule has 29 heavy (non-hydrogen) atoms. The first-order chi connectivity index (χ1) is 14.2. The Balaban J connectivity index is 1.51. The van der Waals surface area contributed by atoms with E-state index >= 15 is 0 Å². The Bertz CT molecular complexity index is 945. The molecule has 0 bridgehead atoms. The fourth-order valence-corrected chi connectivity index (χ4v) is 4.26. The molecule has 3 aromatic rings. The molecule has 0 unspecified atom stereocenters. The van der Waals surface area contributed by atoms with Crippen LogP contribution in [-0.2, 0) is 0 Å². The van der Waals surface area contributed by atoms with E-state index in [1.165, 1.54) is 11.3 Å². The van der Waals surface area contributed by atoms with Gasteiger partial charge in [-0.25, -0.2) is 4.79 Å². The SMILES string of the molecule is COc1ccc([C@@H]2CCCCCN2C(=O)Nc2nnc(-c3ccccn3)s2)cc1. The number of pyridine rings is 1. The molecule has 1 aromatic carbocycles. The molecule has 0 saturated carbocycles. The van der Waals surface area contributed by atoms with Crippen molar-refractivity contribution >= 4 is 22.5 Å². The monoisotopic (exact) mass is 409 g/mol. The van der Waals surface area contributed by atoms with Crippen LogP contribution < -0.4 is 10.1 Å². The van der Waals surface area contributed by atoms with Crippen LogP contribution in [0.2, 0.25) is 0 Å². The van der Waals surface area contributed by atoms with Gasteiger partial charge in [0.1, 0.15) is 11.4 Å². The summed E-state index contributed by atoms with van der Waals surface area (Å²) >= 11 is 1.33. The average Bonchev–Trinajstić information content (AvgIpc) is 3.09. The van der Waals surface area contributed by atoms with Crippen LogP contribution in [0.5, 0.6) is 5.75 Å². The third kappa shape index (κ3) is 4.54. The van der Waals surface area contributed by atoms with Crippen LogP contribution in [0.3, 0.4) is 0 Å². The summed E-state index contributed by atoms with van der Waals surface area (Å²) in [5.41, 5.74) is 1.87. The third-order valence-electron chi connectivity index (χ3n) is 5.04. The Hall–Kier alpha value is -3.00. The van der Waals surface area contributed by atoms with Gasteiger partial charge >= 0.3 is 6.03 Å². The molecule has 1 aliphatic heterocycles. The lowest BCUT2D eigenvalue weighted by atomic mass is 10.0. The zero-order chi connectivity index (χ0) is 20.1. The predicted octanol–water partition coefficient (Wildman–Crippen LogP) is 4.76. The number of aromatic nitrogens is 3. The Morgan fingerprint density at radius 3 is 2.76 bits per heavy atom. The maximum absolute atomic E-state index is 13.1. The fourth-order valence-electron chi connectivity index (χ4n) is 3.55. The summed E-state index contributed by atoms with van der Waals surface area (Å²) in [7, 11) is 1.65. The molecular weight excluding hydrogens is 386 g/mol. The highest BCUT2D eigenvalue weighted by Gasteiger charge is 2.27. The van der Waals surface area contributed by atoms with Crippen molar-refractivity contribution in [3.8, 4) is 16.5 Å². The van der Waals surface area contributed by atoms with Gasteiger partial charge < -0.3 is 9.64 Å². The number of carbonyl (C=O) groups excluding carboxylic acids is 1. The lowest BCUT2D eigenvalue weighted by molar-refractivity contribution is 0.189. The molecule has 0 radical (unpaired) electrons. The van der Waals surface area contributed by atoms with Crippen LogP contribution in [0.15, 0.2) is 48.7 Å². The van der Waals surface area contributed by atoms with Crippen LogP contribution in [0.4, 0.5) is 9.93 Å². The first-order valence-corrected chi connectivity index (χ1v) is 10.5. The average molecular weight is 410 g/mol. The summed E-state index contributed by atoms with van der Waals surface area (Å²) in [6, 6.07) is 13.5. The van der Waals surface area contributed by atoms with Gasteiger partial charge in [0, 0.05) is 12.7 Å². The summed E-state index contributed by atoms with van der Waals surface area (Å²) in [6.07, 6.45) is 5.87. The Kier molecular flexibility index (Phi) is 6.00. The number of carbonyl (C=O) groups is 1. The number of hydrogen-bond acceptors (Lipinski definition) is 6. The van der Waals surface area contributed by atoms with Gasteiger partial charge in [-0.2, -0.15) is 0 Å². The molecule has 0 aliphatic carbocycles. The maximum atomic E-state index is 13.1. The number of urea groups is 1. The number of methoxy groups -OCH3 is 1. The van der Waals surface area contributed by atoms with Gasteiger partial charge in [0.25, 0.3) is 0 Å². The quantitative estimate of drug-likeness (QED) is 0.672. The Morgan fingerprint density at radius 2 is 2.00 bits per heavy atom. The second-order valence-electron chi connectivity index (χ2n) is 6.89. The van der Waals surface area contributed by atoms with E-state index in [0.29, 0.717) is 16.7 Å². The van der Waals surface area contributed by atoms with E-state index in [-0.39, 0.29) is 12.1 Å². The number of benzene rings is 1. The summed E-state index contributed by atoms with van der Waals surface area (Å²) in [6.45, 7) is 0.717. The molecule has 8 heteroatoms. The minimum atomic E-state index is -0.142. The van der Waals surface area contributed by atoms with Crippen LogP contribution in [0.1, 0.15) is 37.3 Å². The lowest BCUT2D eigenvalue weighted by Gasteiger charge is -2.30. The van der Waals surface area contributed by atoms with Gasteiger partial charge in [-0.1, -0.05) is 42.4 Å². The smallest absolute Gasteiger partial charge is 0.324 e. The van der Waals surface area contributed by atoms with Gasteiger partial charge in [-0.05, 0) is 42.7 Å². The lowest BCUT2D eigenvalue weighted by Crippen LogP contribution is -2.38. The van der Waals surface area contributed by atoms with Gasteiger partial charge in [0.15, 0.2) is 5.01 Å². The van der Waals surface area contributed by atoms with E-state index in [1.807, 2.05) is 47.4 Å². The third-order valence-corrected chi connectivity index (χ3v) is 5.90. The molecule has 2 amide bonds. The van der Waals surface area contributed by atoms with Crippen molar-refractivity contribution in [3.63, 3.8) is 0 Å². The molecule has 1 fully saturated rings. The highest BCUT2D eigenvalue weighted by molar-refractivity contribution is 7.18. The van der Waals surface area contributed by atoms with E-state index in [0.717, 1.165) is 42.7 Å². The van der Waals surface area contributed by atoms with Crippen molar-refractivity contribution in [2.24, 2.45) is 0 Å². The van der Waals surface area contributed by atoms with E-state index in [4.69, 9.17) is 4.74 Å². The second kappa shape index (κ2) is 9.00. The Morgan fingerprint density at radius 1 is 1.14 bits per heavy atom. The van der Waals surface area contributed by atoms with E-state index in [9.17, 15) is 4.79 Å². The summed E-state index contributed by atoms with van der Waals surface area (Å²) in [5.74, 6) is 0.814. The minimum absolute atomic E-state index is 0.0339. The Labute approximate surface area is 173 Å². The summed E-state index contributed by atoms with van der Waals surface area (Å²) in [4.78, 5) is 19.3. The maximum Gasteiger partial charge on any atom is 0.324 e. The van der Waals surface area contributed by atoms with Gasteiger partial charge in [0.05, 0.1) is 13.2 Å². The van der Waals surface area contributed by atoms with Gasteiger partial charge in [0.2, 0.25) is 5.13 Å². The minimum Gasteiger partial charge on any atom is -0.497 e.